The molecule has 0 spiro atoms. The van der Waals surface area contributed by atoms with Crippen molar-refractivity contribution in [3.05, 3.63) is 71.3 Å². The Balaban J connectivity index is 2.14. The lowest BCUT2D eigenvalue weighted by molar-refractivity contribution is -0.137. The molecule has 0 radical (unpaired) electrons. The summed E-state index contributed by atoms with van der Waals surface area (Å²) in [6.45, 7) is 0.945. The van der Waals surface area contributed by atoms with E-state index < -0.39 is 11.7 Å². The number of nitrogens with zero attached hydrogens (tertiary/aromatic N) is 1. The van der Waals surface area contributed by atoms with Gasteiger partial charge in [-0.1, -0.05) is 42.5 Å². The molecule has 0 saturated carbocycles. The fraction of sp³-hybridized carbons (Fsp3) is 0.368. The minimum absolute atomic E-state index is 0.301. The lowest BCUT2D eigenvalue weighted by atomic mass is 9.89. The Hall–Kier alpha value is -1.81. The summed E-state index contributed by atoms with van der Waals surface area (Å²) >= 11 is 0. The minimum atomic E-state index is -4.28. The van der Waals surface area contributed by atoms with E-state index in [1.54, 1.807) is 12.1 Å². The van der Waals surface area contributed by atoms with Crippen LogP contribution in [0.2, 0.25) is 0 Å². The molecule has 4 heteroatoms. The highest BCUT2D eigenvalue weighted by atomic mass is 19.4. The SMILES string of the molecule is CN(C)CCC(Cc1ccc(C(F)(F)F)cc1)c1ccccc1. The van der Waals surface area contributed by atoms with E-state index in [2.05, 4.69) is 17.0 Å². The zero-order chi connectivity index (χ0) is 16.9. The van der Waals surface area contributed by atoms with E-state index >= 15 is 0 Å². The predicted octanol–water partition coefficient (Wildman–Crippen LogP) is 4.98. The predicted molar refractivity (Wildman–Crippen MR) is 87.5 cm³/mol. The molecule has 0 bridgehead atoms. The second-order valence-electron chi connectivity index (χ2n) is 6.10. The summed E-state index contributed by atoms with van der Waals surface area (Å²) < 4.78 is 38.0. The van der Waals surface area contributed by atoms with Crippen molar-refractivity contribution in [1.29, 1.82) is 0 Å². The number of hydrogen-bond acceptors (Lipinski definition) is 1. The molecule has 1 unspecified atom stereocenters. The standard InChI is InChI=1S/C19H22F3N/c1-23(2)13-12-17(16-6-4-3-5-7-16)14-15-8-10-18(11-9-15)19(20,21)22/h3-11,17H,12-14H2,1-2H3. The van der Waals surface area contributed by atoms with Crippen molar-refractivity contribution in [2.75, 3.05) is 20.6 Å². The van der Waals surface area contributed by atoms with Crippen LogP contribution in [0.4, 0.5) is 13.2 Å². The fourth-order valence-electron chi connectivity index (χ4n) is 2.64. The van der Waals surface area contributed by atoms with Crippen LogP contribution in [0.5, 0.6) is 0 Å². The van der Waals surface area contributed by atoms with Crippen LogP contribution in [0.25, 0.3) is 0 Å². The van der Waals surface area contributed by atoms with E-state index in [4.69, 9.17) is 0 Å². The maximum absolute atomic E-state index is 12.7. The number of alkyl halides is 3. The minimum Gasteiger partial charge on any atom is -0.309 e. The highest BCUT2D eigenvalue weighted by Gasteiger charge is 2.30. The van der Waals surface area contributed by atoms with Crippen LogP contribution < -0.4 is 0 Å². The lowest BCUT2D eigenvalue weighted by Crippen LogP contribution is -2.17. The van der Waals surface area contributed by atoms with Crippen LogP contribution >= 0.6 is 0 Å². The van der Waals surface area contributed by atoms with Crippen LogP contribution in [-0.4, -0.2) is 25.5 Å². The van der Waals surface area contributed by atoms with Gasteiger partial charge in [0, 0.05) is 0 Å². The molecule has 1 nitrogen and oxygen atoms in total. The Morgan fingerprint density at radius 3 is 2.04 bits per heavy atom. The molecule has 0 aliphatic heterocycles. The molecule has 0 aliphatic carbocycles. The van der Waals surface area contributed by atoms with Gasteiger partial charge in [-0.05, 0) is 62.7 Å². The van der Waals surface area contributed by atoms with Crippen molar-refractivity contribution >= 4 is 0 Å². The first-order valence-corrected chi connectivity index (χ1v) is 7.72. The summed E-state index contributed by atoms with van der Waals surface area (Å²) in [5.41, 5.74) is 1.57. The Bertz CT molecular complexity index is 588. The van der Waals surface area contributed by atoms with Crippen LogP contribution in [0.15, 0.2) is 54.6 Å². The monoisotopic (exact) mass is 321 g/mol. The van der Waals surface area contributed by atoms with Gasteiger partial charge in [-0.15, -0.1) is 0 Å². The molecule has 124 valence electrons. The molecule has 0 heterocycles. The number of rotatable bonds is 6. The van der Waals surface area contributed by atoms with Gasteiger partial charge >= 0.3 is 6.18 Å². The summed E-state index contributed by atoms with van der Waals surface area (Å²) in [4.78, 5) is 2.13. The van der Waals surface area contributed by atoms with E-state index in [0.29, 0.717) is 5.92 Å². The molecule has 23 heavy (non-hydrogen) atoms. The molecule has 1 atom stereocenters. The van der Waals surface area contributed by atoms with Gasteiger partial charge in [0.05, 0.1) is 5.56 Å². The van der Waals surface area contributed by atoms with Crippen molar-refractivity contribution in [2.45, 2.75) is 24.9 Å². The third-order valence-corrected chi connectivity index (χ3v) is 3.96. The van der Waals surface area contributed by atoms with Gasteiger partial charge in [0.1, 0.15) is 0 Å². The molecule has 2 aromatic carbocycles. The zero-order valence-corrected chi connectivity index (χ0v) is 13.5. The maximum Gasteiger partial charge on any atom is 0.416 e. The van der Waals surface area contributed by atoms with E-state index in [1.807, 2.05) is 32.3 Å². The van der Waals surface area contributed by atoms with Crippen LogP contribution in [0.1, 0.15) is 29.0 Å². The quantitative estimate of drug-likeness (QED) is 0.725. The highest BCUT2D eigenvalue weighted by molar-refractivity contribution is 5.28. The molecular formula is C19H22F3N. The second kappa shape index (κ2) is 7.64. The van der Waals surface area contributed by atoms with E-state index in [9.17, 15) is 13.2 Å². The van der Waals surface area contributed by atoms with Crippen LogP contribution in [0, 0.1) is 0 Å². The third-order valence-electron chi connectivity index (χ3n) is 3.96. The van der Waals surface area contributed by atoms with Gasteiger partial charge in [0.25, 0.3) is 0 Å². The fourth-order valence-corrected chi connectivity index (χ4v) is 2.64. The summed E-state index contributed by atoms with van der Waals surface area (Å²) in [7, 11) is 4.06. The van der Waals surface area contributed by atoms with Gasteiger partial charge < -0.3 is 4.90 Å². The summed E-state index contributed by atoms with van der Waals surface area (Å²) in [5.74, 6) is 0.301. The van der Waals surface area contributed by atoms with Crippen molar-refractivity contribution < 1.29 is 13.2 Å². The van der Waals surface area contributed by atoms with Gasteiger partial charge in [-0.3, -0.25) is 0 Å². The second-order valence-corrected chi connectivity index (χ2v) is 6.10. The Morgan fingerprint density at radius 2 is 1.52 bits per heavy atom. The van der Waals surface area contributed by atoms with E-state index in [1.165, 1.54) is 17.7 Å². The van der Waals surface area contributed by atoms with Crippen LogP contribution in [-0.2, 0) is 12.6 Å². The Kier molecular flexibility index (Phi) is 5.83. The summed E-state index contributed by atoms with van der Waals surface area (Å²) in [5, 5.41) is 0. The van der Waals surface area contributed by atoms with Crippen molar-refractivity contribution in [2.24, 2.45) is 0 Å². The van der Waals surface area contributed by atoms with E-state index in [0.717, 1.165) is 24.9 Å². The van der Waals surface area contributed by atoms with Crippen molar-refractivity contribution in [1.82, 2.24) is 4.90 Å². The first-order chi connectivity index (χ1) is 10.9. The zero-order valence-electron chi connectivity index (χ0n) is 13.5. The number of halogens is 3. The van der Waals surface area contributed by atoms with Gasteiger partial charge in [-0.2, -0.15) is 13.2 Å². The van der Waals surface area contributed by atoms with Gasteiger partial charge in [0.2, 0.25) is 0 Å². The summed E-state index contributed by atoms with van der Waals surface area (Å²) in [6, 6.07) is 15.7. The molecule has 0 amide bonds. The largest absolute Gasteiger partial charge is 0.416 e. The first kappa shape index (κ1) is 17.5. The molecule has 2 rings (SSSR count). The Morgan fingerprint density at radius 1 is 0.913 bits per heavy atom. The Labute approximate surface area is 135 Å². The molecule has 0 aromatic heterocycles. The molecule has 0 N–H and O–H groups in total. The number of benzene rings is 2. The summed E-state index contributed by atoms with van der Waals surface area (Å²) in [6.07, 6.45) is -2.56. The molecular weight excluding hydrogens is 299 g/mol. The van der Waals surface area contributed by atoms with E-state index in [-0.39, 0.29) is 0 Å². The molecule has 0 aliphatic rings. The van der Waals surface area contributed by atoms with Gasteiger partial charge in [0.15, 0.2) is 0 Å². The smallest absolute Gasteiger partial charge is 0.309 e. The maximum atomic E-state index is 12.7. The average Bonchev–Trinajstić information content (AvgIpc) is 2.51. The van der Waals surface area contributed by atoms with Gasteiger partial charge in [-0.25, -0.2) is 0 Å². The molecule has 0 saturated heterocycles. The number of hydrogen-bond donors (Lipinski definition) is 0. The third kappa shape index (κ3) is 5.39. The van der Waals surface area contributed by atoms with Crippen molar-refractivity contribution in [3.63, 3.8) is 0 Å². The van der Waals surface area contributed by atoms with Crippen molar-refractivity contribution in [3.8, 4) is 0 Å². The van der Waals surface area contributed by atoms with Crippen LogP contribution in [0.3, 0.4) is 0 Å². The highest BCUT2D eigenvalue weighted by Crippen LogP contribution is 2.30. The molecule has 2 aromatic rings. The normalized spacial score (nSPS) is 13.3. The average molecular weight is 321 g/mol. The first-order valence-electron chi connectivity index (χ1n) is 7.72. The topological polar surface area (TPSA) is 3.24 Å². The molecule has 0 fully saturated rings. The lowest BCUT2D eigenvalue weighted by Gasteiger charge is -2.20.